The molecule has 0 fully saturated rings. The van der Waals surface area contributed by atoms with Gasteiger partial charge in [0.2, 0.25) is 0 Å². The number of nitrogens with one attached hydrogen (secondary N) is 1. The van der Waals surface area contributed by atoms with Gasteiger partial charge < -0.3 is 10.2 Å². The number of anilines is 1. The van der Waals surface area contributed by atoms with Crippen LogP contribution in [0.3, 0.4) is 0 Å². The van der Waals surface area contributed by atoms with E-state index in [2.05, 4.69) is 53.2 Å². The highest BCUT2D eigenvalue weighted by Gasteiger charge is 2.09. The molecule has 4 heteroatoms. The Morgan fingerprint density at radius 3 is 2.71 bits per heavy atom. The fourth-order valence-corrected chi connectivity index (χ4v) is 2.25. The van der Waals surface area contributed by atoms with Gasteiger partial charge in [-0.1, -0.05) is 26.0 Å². The van der Waals surface area contributed by atoms with Crippen LogP contribution in [0.4, 0.5) is 5.82 Å². The largest absolute Gasteiger partial charge is 0.355 e. The first-order valence-corrected chi connectivity index (χ1v) is 7.41. The lowest BCUT2D eigenvalue weighted by Crippen LogP contribution is -2.23. The third kappa shape index (κ3) is 4.83. The van der Waals surface area contributed by atoms with Crippen LogP contribution in [0, 0.1) is 5.92 Å². The third-order valence-electron chi connectivity index (χ3n) is 3.24. The lowest BCUT2D eigenvalue weighted by molar-refractivity contribution is 0.551. The van der Waals surface area contributed by atoms with Crippen molar-refractivity contribution >= 4 is 5.82 Å². The molecule has 0 aliphatic heterocycles. The Morgan fingerprint density at radius 1 is 1.19 bits per heavy atom. The van der Waals surface area contributed by atoms with E-state index in [0.29, 0.717) is 5.92 Å². The topological polar surface area (TPSA) is 41.1 Å². The van der Waals surface area contributed by atoms with E-state index in [1.165, 1.54) is 11.1 Å². The molecule has 21 heavy (non-hydrogen) atoms. The van der Waals surface area contributed by atoms with Crippen LogP contribution >= 0.6 is 0 Å². The van der Waals surface area contributed by atoms with Crippen molar-refractivity contribution in [2.75, 3.05) is 18.5 Å². The smallest absolute Gasteiger partial charge is 0.133 e. The summed E-state index contributed by atoms with van der Waals surface area (Å²) in [4.78, 5) is 10.9. The molecule has 2 rings (SSSR count). The molecule has 0 aromatic carbocycles. The lowest BCUT2D eigenvalue weighted by atomic mass is 10.2. The molecule has 0 atom stereocenters. The Morgan fingerprint density at radius 2 is 2.00 bits per heavy atom. The summed E-state index contributed by atoms with van der Waals surface area (Å²) in [6, 6.07) is 8.18. The first kappa shape index (κ1) is 15.4. The fraction of sp³-hybridized carbons (Fsp3) is 0.412. The molecule has 2 aromatic rings. The molecule has 0 saturated heterocycles. The quantitative estimate of drug-likeness (QED) is 0.849. The van der Waals surface area contributed by atoms with E-state index < -0.39 is 0 Å². The molecule has 0 bridgehead atoms. The van der Waals surface area contributed by atoms with Gasteiger partial charge >= 0.3 is 0 Å². The summed E-state index contributed by atoms with van der Waals surface area (Å²) in [6.45, 7) is 7.10. The number of rotatable bonds is 7. The van der Waals surface area contributed by atoms with E-state index >= 15 is 0 Å². The number of pyridine rings is 2. The van der Waals surface area contributed by atoms with Crippen LogP contribution in [0.5, 0.6) is 0 Å². The zero-order valence-electron chi connectivity index (χ0n) is 13.1. The summed E-state index contributed by atoms with van der Waals surface area (Å²) >= 11 is 0. The highest BCUT2D eigenvalue weighted by molar-refractivity contribution is 5.46. The van der Waals surface area contributed by atoms with E-state index in [4.69, 9.17) is 0 Å². The fourth-order valence-electron chi connectivity index (χ4n) is 2.25. The lowest BCUT2D eigenvalue weighted by Gasteiger charge is -2.21. The van der Waals surface area contributed by atoms with Gasteiger partial charge in [-0.25, -0.2) is 4.98 Å². The predicted octanol–water partition coefficient (Wildman–Crippen LogP) is 2.86. The second-order valence-corrected chi connectivity index (χ2v) is 5.73. The van der Waals surface area contributed by atoms with Gasteiger partial charge in [0.1, 0.15) is 5.82 Å². The van der Waals surface area contributed by atoms with Gasteiger partial charge in [-0.05, 0) is 30.2 Å². The van der Waals surface area contributed by atoms with Gasteiger partial charge in [0.15, 0.2) is 0 Å². The zero-order valence-corrected chi connectivity index (χ0v) is 13.1. The SMILES string of the molecule is CC(C)CNCc1cccnc1N(C)Cc1cccnc1. The molecule has 0 saturated carbocycles. The van der Waals surface area contributed by atoms with Gasteiger partial charge in [-0.15, -0.1) is 0 Å². The highest BCUT2D eigenvalue weighted by Crippen LogP contribution is 2.17. The van der Waals surface area contributed by atoms with Crippen LogP contribution in [0.25, 0.3) is 0 Å². The van der Waals surface area contributed by atoms with Crippen LogP contribution < -0.4 is 10.2 Å². The summed E-state index contributed by atoms with van der Waals surface area (Å²) in [6.07, 6.45) is 5.54. The average molecular weight is 284 g/mol. The van der Waals surface area contributed by atoms with E-state index in [-0.39, 0.29) is 0 Å². The standard InChI is InChI=1S/C17H24N4/c1-14(2)10-19-12-16-7-5-9-20-17(16)21(3)13-15-6-4-8-18-11-15/h4-9,11,14,19H,10,12-13H2,1-3H3. The van der Waals surface area contributed by atoms with E-state index in [0.717, 1.165) is 25.5 Å². The number of hydrogen-bond acceptors (Lipinski definition) is 4. The van der Waals surface area contributed by atoms with Gasteiger partial charge in [-0.2, -0.15) is 0 Å². The van der Waals surface area contributed by atoms with Crippen LogP contribution in [-0.4, -0.2) is 23.6 Å². The van der Waals surface area contributed by atoms with Gasteiger partial charge in [0.25, 0.3) is 0 Å². The Labute approximate surface area is 127 Å². The van der Waals surface area contributed by atoms with Crippen LogP contribution in [0.1, 0.15) is 25.0 Å². The maximum absolute atomic E-state index is 4.54. The molecule has 2 aromatic heterocycles. The van der Waals surface area contributed by atoms with E-state index in [9.17, 15) is 0 Å². The molecule has 0 aliphatic rings. The molecule has 1 N–H and O–H groups in total. The summed E-state index contributed by atoms with van der Waals surface area (Å²) < 4.78 is 0. The normalized spacial score (nSPS) is 10.9. The maximum Gasteiger partial charge on any atom is 0.133 e. The molecule has 4 nitrogen and oxygen atoms in total. The first-order chi connectivity index (χ1) is 10.2. The zero-order chi connectivity index (χ0) is 15.1. The minimum atomic E-state index is 0.651. The summed E-state index contributed by atoms with van der Waals surface area (Å²) in [5, 5.41) is 3.48. The van der Waals surface area contributed by atoms with E-state index in [1.807, 2.05) is 24.5 Å². The van der Waals surface area contributed by atoms with Crippen LogP contribution in [0.2, 0.25) is 0 Å². The van der Waals surface area contributed by atoms with Crippen LogP contribution in [0.15, 0.2) is 42.9 Å². The molecule has 0 amide bonds. The second-order valence-electron chi connectivity index (χ2n) is 5.73. The van der Waals surface area contributed by atoms with Crippen LogP contribution in [-0.2, 0) is 13.1 Å². The van der Waals surface area contributed by atoms with Gasteiger partial charge in [0, 0.05) is 44.3 Å². The summed E-state index contributed by atoms with van der Waals surface area (Å²) in [7, 11) is 2.07. The van der Waals surface area contributed by atoms with Crippen molar-refractivity contribution < 1.29 is 0 Å². The maximum atomic E-state index is 4.54. The molecular weight excluding hydrogens is 260 g/mol. The number of hydrogen-bond donors (Lipinski definition) is 1. The molecule has 0 unspecified atom stereocenters. The molecule has 0 spiro atoms. The number of aromatic nitrogens is 2. The van der Waals surface area contributed by atoms with Crippen molar-refractivity contribution in [1.29, 1.82) is 0 Å². The molecule has 0 radical (unpaired) electrons. The minimum Gasteiger partial charge on any atom is -0.355 e. The van der Waals surface area contributed by atoms with Crippen molar-refractivity contribution in [2.45, 2.75) is 26.9 Å². The van der Waals surface area contributed by atoms with Crippen molar-refractivity contribution in [3.05, 3.63) is 54.0 Å². The Kier molecular flexibility index (Phi) is 5.69. The minimum absolute atomic E-state index is 0.651. The van der Waals surface area contributed by atoms with E-state index in [1.54, 1.807) is 6.20 Å². The molecule has 0 aliphatic carbocycles. The second kappa shape index (κ2) is 7.74. The summed E-state index contributed by atoms with van der Waals surface area (Å²) in [5.74, 6) is 1.68. The van der Waals surface area contributed by atoms with Crippen molar-refractivity contribution in [3.8, 4) is 0 Å². The van der Waals surface area contributed by atoms with Crippen molar-refractivity contribution in [3.63, 3.8) is 0 Å². The highest BCUT2D eigenvalue weighted by atomic mass is 15.2. The molecular formula is C17H24N4. The van der Waals surface area contributed by atoms with Crippen molar-refractivity contribution in [1.82, 2.24) is 15.3 Å². The number of nitrogens with zero attached hydrogens (tertiary/aromatic N) is 3. The van der Waals surface area contributed by atoms with Gasteiger partial charge in [0.05, 0.1) is 0 Å². The predicted molar refractivity (Wildman–Crippen MR) is 87.1 cm³/mol. The Hall–Kier alpha value is -1.94. The third-order valence-corrected chi connectivity index (χ3v) is 3.24. The molecule has 2 heterocycles. The van der Waals surface area contributed by atoms with Crippen molar-refractivity contribution in [2.24, 2.45) is 5.92 Å². The Balaban J connectivity index is 2.04. The van der Waals surface area contributed by atoms with Gasteiger partial charge in [-0.3, -0.25) is 4.98 Å². The average Bonchev–Trinajstić information content (AvgIpc) is 2.48. The summed E-state index contributed by atoms with van der Waals surface area (Å²) in [5.41, 5.74) is 2.41. The first-order valence-electron chi connectivity index (χ1n) is 7.41. The Bertz CT molecular complexity index is 539. The monoisotopic (exact) mass is 284 g/mol. The molecule has 112 valence electrons.